The third-order valence-corrected chi connectivity index (χ3v) is 5.97. The van der Waals surface area contributed by atoms with Crippen LogP contribution in [0.4, 0.5) is 15.8 Å². The van der Waals surface area contributed by atoms with Crippen molar-refractivity contribution in [1.29, 1.82) is 0 Å². The van der Waals surface area contributed by atoms with E-state index in [1.54, 1.807) is 0 Å². The molecule has 1 aliphatic carbocycles. The Balaban J connectivity index is 1.44. The predicted molar refractivity (Wildman–Crippen MR) is 97.1 cm³/mol. The molecule has 3 aliphatic rings. The monoisotopic (exact) mass is 332 g/mol. The molecule has 1 aromatic rings. The van der Waals surface area contributed by atoms with Crippen LogP contribution in [0.25, 0.3) is 0 Å². The highest BCUT2D eigenvalue weighted by Gasteiger charge is 2.33. The average molecular weight is 332 g/mol. The number of piperidine rings is 1. The summed E-state index contributed by atoms with van der Waals surface area (Å²) >= 11 is 0. The molecule has 2 heterocycles. The zero-order chi connectivity index (χ0) is 16.7. The van der Waals surface area contributed by atoms with E-state index in [0.29, 0.717) is 17.6 Å². The Hall–Kier alpha value is -1.33. The quantitative estimate of drug-likeness (QED) is 0.863. The van der Waals surface area contributed by atoms with E-state index in [-0.39, 0.29) is 5.82 Å². The van der Waals surface area contributed by atoms with Gasteiger partial charge in [0.25, 0.3) is 0 Å². The number of hydrogen-bond acceptors (Lipinski definition) is 4. The summed E-state index contributed by atoms with van der Waals surface area (Å²) in [6.45, 7) is 6.59. The fourth-order valence-electron chi connectivity index (χ4n) is 4.32. The van der Waals surface area contributed by atoms with Gasteiger partial charge in [-0.25, -0.2) is 4.39 Å². The Bertz CT molecular complexity index is 585. The number of likely N-dealkylation sites (N-methyl/N-ethyl adjacent to an activating group) is 1. The zero-order valence-corrected chi connectivity index (χ0v) is 14.7. The second-order valence-electron chi connectivity index (χ2n) is 7.77. The van der Waals surface area contributed by atoms with Crippen molar-refractivity contribution >= 4 is 11.4 Å². The Labute approximate surface area is 144 Å². The molecule has 0 atom stereocenters. The Morgan fingerprint density at radius 1 is 0.958 bits per heavy atom. The number of halogens is 1. The summed E-state index contributed by atoms with van der Waals surface area (Å²) in [6, 6.07) is 4.16. The van der Waals surface area contributed by atoms with Crippen molar-refractivity contribution in [2.75, 3.05) is 56.9 Å². The van der Waals surface area contributed by atoms with E-state index in [1.165, 1.54) is 45.1 Å². The minimum absolute atomic E-state index is 0.130. The smallest absolute Gasteiger partial charge is 0.148 e. The van der Waals surface area contributed by atoms with Crippen LogP contribution in [-0.2, 0) is 0 Å². The van der Waals surface area contributed by atoms with Crippen LogP contribution in [0.5, 0.6) is 0 Å². The number of nitrogens with zero attached hydrogens (tertiary/aromatic N) is 3. The van der Waals surface area contributed by atoms with Crippen LogP contribution in [0.15, 0.2) is 12.1 Å². The maximum Gasteiger partial charge on any atom is 0.148 e. The third-order valence-electron chi connectivity index (χ3n) is 5.97. The largest absolute Gasteiger partial charge is 0.399 e. The lowest BCUT2D eigenvalue weighted by molar-refractivity contribution is 0.0981. The molecule has 3 fully saturated rings. The lowest BCUT2D eigenvalue weighted by atomic mass is 9.99. The maximum atomic E-state index is 14.6. The van der Waals surface area contributed by atoms with Crippen LogP contribution >= 0.6 is 0 Å². The summed E-state index contributed by atoms with van der Waals surface area (Å²) in [5.74, 6) is 0.392. The standard InChI is InChI=1S/C19H29FN4/c1-22-8-10-23(11-9-22)16-4-6-24(7-5-16)19-17(14-2-3-14)12-15(21)13-18(19)20/h12-14,16H,2-11,21H2,1H3. The summed E-state index contributed by atoms with van der Waals surface area (Å²) in [7, 11) is 2.20. The number of rotatable bonds is 3. The summed E-state index contributed by atoms with van der Waals surface area (Å²) in [4.78, 5) is 7.31. The lowest BCUT2D eigenvalue weighted by Crippen LogP contribution is -2.52. The van der Waals surface area contributed by atoms with Crippen LogP contribution < -0.4 is 10.6 Å². The first-order valence-electron chi connectivity index (χ1n) is 9.38. The molecule has 4 nitrogen and oxygen atoms in total. The van der Waals surface area contributed by atoms with Crippen LogP contribution in [0.2, 0.25) is 0 Å². The molecule has 2 saturated heterocycles. The van der Waals surface area contributed by atoms with E-state index in [4.69, 9.17) is 5.73 Å². The van der Waals surface area contributed by atoms with Gasteiger partial charge in [-0.2, -0.15) is 0 Å². The van der Waals surface area contributed by atoms with Gasteiger partial charge in [0.15, 0.2) is 0 Å². The van der Waals surface area contributed by atoms with E-state index >= 15 is 0 Å². The van der Waals surface area contributed by atoms with Crippen molar-refractivity contribution in [2.45, 2.75) is 37.6 Å². The molecule has 0 unspecified atom stereocenters. The van der Waals surface area contributed by atoms with Crippen molar-refractivity contribution in [3.8, 4) is 0 Å². The molecule has 132 valence electrons. The minimum atomic E-state index is -0.130. The van der Waals surface area contributed by atoms with Gasteiger partial charge in [0.2, 0.25) is 0 Å². The molecular formula is C19H29FN4. The van der Waals surface area contributed by atoms with Gasteiger partial charge in [-0.05, 0) is 56.3 Å². The van der Waals surface area contributed by atoms with E-state index in [0.717, 1.165) is 37.2 Å². The van der Waals surface area contributed by atoms with Crippen LogP contribution in [0, 0.1) is 5.82 Å². The van der Waals surface area contributed by atoms with Crippen LogP contribution in [0.3, 0.4) is 0 Å². The molecule has 5 heteroatoms. The summed E-state index contributed by atoms with van der Waals surface area (Å²) in [6.07, 6.45) is 4.62. The topological polar surface area (TPSA) is 35.7 Å². The molecule has 2 aliphatic heterocycles. The second kappa shape index (κ2) is 6.52. The predicted octanol–water partition coefficient (Wildman–Crippen LogP) is 2.50. The molecule has 0 radical (unpaired) electrons. The van der Waals surface area contributed by atoms with Gasteiger partial charge >= 0.3 is 0 Å². The number of hydrogen-bond donors (Lipinski definition) is 1. The van der Waals surface area contributed by atoms with Gasteiger partial charge < -0.3 is 15.5 Å². The number of benzene rings is 1. The minimum Gasteiger partial charge on any atom is -0.399 e. The van der Waals surface area contributed by atoms with Crippen molar-refractivity contribution in [3.05, 3.63) is 23.5 Å². The molecular weight excluding hydrogens is 303 g/mol. The first-order valence-corrected chi connectivity index (χ1v) is 9.38. The van der Waals surface area contributed by atoms with Crippen LogP contribution in [0.1, 0.15) is 37.2 Å². The van der Waals surface area contributed by atoms with Crippen LogP contribution in [-0.4, -0.2) is 62.2 Å². The van der Waals surface area contributed by atoms with Crippen molar-refractivity contribution in [3.63, 3.8) is 0 Å². The van der Waals surface area contributed by atoms with Crippen molar-refractivity contribution in [1.82, 2.24) is 9.80 Å². The van der Waals surface area contributed by atoms with Gasteiger partial charge in [-0.3, -0.25) is 4.90 Å². The SMILES string of the molecule is CN1CCN(C2CCN(c3c(F)cc(N)cc3C3CC3)CC2)CC1. The fraction of sp³-hybridized carbons (Fsp3) is 0.684. The number of nitrogens with two attached hydrogens (primary N) is 1. The summed E-state index contributed by atoms with van der Waals surface area (Å²) < 4.78 is 14.6. The number of nitrogen functional groups attached to an aromatic ring is 1. The molecule has 24 heavy (non-hydrogen) atoms. The van der Waals surface area contributed by atoms with Gasteiger partial charge in [0.05, 0.1) is 5.69 Å². The molecule has 0 amide bonds. The molecule has 0 bridgehead atoms. The molecule has 0 aromatic heterocycles. The van der Waals surface area contributed by atoms with Gasteiger partial charge in [-0.15, -0.1) is 0 Å². The second-order valence-corrected chi connectivity index (χ2v) is 7.77. The highest BCUT2D eigenvalue weighted by molar-refractivity contribution is 5.63. The summed E-state index contributed by atoms with van der Waals surface area (Å²) in [5, 5.41) is 0. The highest BCUT2D eigenvalue weighted by atomic mass is 19.1. The van der Waals surface area contributed by atoms with Crippen molar-refractivity contribution < 1.29 is 4.39 Å². The van der Waals surface area contributed by atoms with E-state index < -0.39 is 0 Å². The Morgan fingerprint density at radius 3 is 2.25 bits per heavy atom. The Kier molecular flexibility index (Phi) is 4.39. The van der Waals surface area contributed by atoms with Gasteiger partial charge in [-0.1, -0.05) is 0 Å². The highest BCUT2D eigenvalue weighted by Crippen LogP contribution is 2.46. The molecule has 2 N–H and O–H groups in total. The zero-order valence-electron chi connectivity index (χ0n) is 14.7. The molecule has 1 saturated carbocycles. The lowest BCUT2D eigenvalue weighted by Gasteiger charge is -2.43. The number of piperazine rings is 1. The third kappa shape index (κ3) is 3.24. The fourth-order valence-corrected chi connectivity index (χ4v) is 4.32. The first-order chi connectivity index (χ1) is 11.6. The first kappa shape index (κ1) is 16.2. The Morgan fingerprint density at radius 2 is 1.62 bits per heavy atom. The van der Waals surface area contributed by atoms with Gasteiger partial charge in [0, 0.05) is 51.0 Å². The molecule has 1 aromatic carbocycles. The maximum absolute atomic E-state index is 14.6. The van der Waals surface area contributed by atoms with E-state index in [2.05, 4.69) is 21.7 Å². The van der Waals surface area contributed by atoms with Crippen molar-refractivity contribution in [2.24, 2.45) is 0 Å². The van der Waals surface area contributed by atoms with E-state index in [1.807, 2.05) is 6.07 Å². The van der Waals surface area contributed by atoms with E-state index in [9.17, 15) is 4.39 Å². The molecule has 4 rings (SSSR count). The number of anilines is 2. The van der Waals surface area contributed by atoms with Gasteiger partial charge in [0.1, 0.15) is 5.82 Å². The average Bonchev–Trinajstić information content (AvgIpc) is 3.40. The molecule has 0 spiro atoms. The summed E-state index contributed by atoms with van der Waals surface area (Å²) in [5.41, 5.74) is 8.43. The normalized spacial score (nSPS) is 24.5.